The fraction of sp³-hybridized carbons (Fsp3) is 0.409. The van der Waals surface area contributed by atoms with E-state index in [1.807, 2.05) is 13.0 Å². The molecule has 30 heavy (non-hydrogen) atoms. The molecule has 1 aromatic carbocycles. The Bertz CT molecular complexity index is 982. The average molecular weight is 431 g/mol. The largest absolute Gasteiger partial charge is 0.433 e. The van der Waals surface area contributed by atoms with E-state index in [1.165, 1.54) is 13.2 Å². The summed E-state index contributed by atoms with van der Waals surface area (Å²) in [6, 6.07) is 6.48. The summed E-state index contributed by atoms with van der Waals surface area (Å²) < 4.78 is 10.6. The second-order valence-electron chi connectivity index (χ2n) is 7.26. The Labute approximate surface area is 179 Å². The van der Waals surface area contributed by atoms with Gasteiger partial charge in [0.2, 0.25) is 0 Å². The van der Waals surface area contributed by atoms with E-state index in [1.54, 1.807) is 30.4 Å². The Morgan fingerprint density at radius 1 is 1.40 bits per heavy atom. The van der Waals surface area contributed by atoms with Gasteiger partial charge in [-0.2, -0.15) is 0 Å². The van der Waals surface area contributed by atoms with Crippen LogP contribution >= 0.6 is 11.3 Å². The first-order chi connectivity index (χ1) is 14.4. The number of ether oxygens (including phenoxy) is 2. The average Bonchev–Trinajstić information content (AvgIpc) is 3.13. The number of nitrogens with zero attached hydrogens (tertiary/aromatic N) is 1. The molecule has 2 aromatic rings. The second-order valence-corrected chi connectivity index (χ2v) is 8.14. The van der Waals surface area contributed by atoms with Gasteiger partial charge in [0.05, 0.1) is 15.5 Å². The standard InChI is InChI=1S/C22H26N2O5S/c1-5-6-8-16-12-30-21-20(16)19(15-9-7-10-17(11-15)24(26)27)18(13(2)23-21)22(25)29-14(3)28-4/h7,9-12,14,19,23H,5-6,8H2,1-4H3. The van der Waals surface area contributed by atoms with Crippen molar-refractivity contribution in [2.45, 2.75) is 52.2 Å². The molecule has 0 fully saturated rings. The Hall–Kier alpha value is -2.71. The Morgan fingerprint density at radius 2 is 2.17 bits per heavy atom. The molecule has 0 radical (unpaired) electrons. The van der Waals surface area contributed by atoms with Gasteiger partial charge < -0.3 is 14.8 Å². The molecule has 1 aliphatic heterocycles. The number of allylic oxidation sites excluding steroid dienone is 1. The van der Waals surface area contributed by atoms with Gasteiger partial charge in [0.1, 0.15) is 0 Å². The number of fused-ring (bicyclic) bond motifs is 1. The molecule has 1 aromatic heterocycles. The maximum absolute atomic E-state index is 13.1. The molecule has 160 valence electrons. The molecule has 3 rings (SSSR count). The number of non-ortho nitro benzene ring substituents is 1. The third-order valence-corrected chi connectivity index (χ3v) is 6.19. The Kier molecular flexibility index (Phi) is 6.89. The number of nitrogens with one attached hydrogen (secondary N) is 1. The number of nitro benzene ring substituents is 1. The van der Waals surface area contributed by atoms with Crippen molar-refractivity contribution in [3.8, 4) is 0 Å². The number of hydrogen-bond acceptors (Lipinski definition) is 7. The zero-order valence-electron chi connectivity index (χ0n) is 17.6. The SMILES string of the molecule is CCCCc1csc2c1C(c1cccc([N+](=O)[O-])c1)C(C(=O)OC(C)OC)=C(C)N2. The molecule has 0 aliphatic carbocycles. The van der Waals surface area contributed by atoms with E-state index in [2.05, 4.69) is 17.6 Å². The van der Waals surface area contributed by atoms with E-state index in [4.69, 9.17) is 9.47 Å². The fourth-order valence-electron chi connectivity index (χ4n) is 3.66. The van der Waals surface area contributed by atoms with Gasteiger partial charge in [-0.05, 0) is 43.2 Å². The third kappa shape index (κ3) is 4.39. The summed E-state index contributed by atoms with van der Waals surface area (Å²) in [5, 5.41) is 17.8. The van der Waals surface area contributed by atoms with Crippen molar-refractivity contribution in [3.63, 3.8) is 0 Å². The van der Waals surface area contributed by atoms with Crippen molar-refractivity contribution in [1.82, 2.24) is 0 Å². The number of unbranched alkanes of at least 4 members (excludes halogenated alkanes) is 1. The lowest BCUT2D eigenvalue weighted by molar-refractivity contribution is -0.384. The van der Waals surface area contributed by atoms with Crippen LogP contribution in [0.2, 0.25) is 0 Å². The lowest BCUT2D eigenvalue weighted by Crippen LogP contribution is -2.27. The van der Waals surface area contributed by atoms with Gasteiger partial charge in [0.25, 0.3) is 5.69 Å². The minimum atomic E-state index is -0.702. The zero-order valence-corrected chi connectivity index (χ0v) is 18.4. The molecule has 1 N–H and O–H groups in total. The summed E-state index contributed by atoms with van der Waals surface area (Å²) in [6.45, 7) is 5.61. The number of hydrogen-bond donors (Lipinski definition) is 1. The minimum Gasteiger partial charge on any atom is -0.433 e. The molecule has 0 bridgehead atoms. The van der Waals surface area contributed by atoms with E-state index in [0.717, 1.165) is 35.4 Å². The van der Waals surface area contributed by atoms with Crippen LogP contribution in [-0.2, 0) is 20.7 Å². The van der Waals surface area contributed by atoms with Crippen LogP contribution < -0.4 is 5.32 Å². The van der Waals surface area contributed by atoms with Crippen molar-refractivity contribution in [2.24, 2.45) is 0 Å². The van der Waals surface area contributed by atoms with Gasteiger partial charge in [-0.25, -0.2) is 4.79 Å². The molecule has 1 aliphatic rings. The first-order valence-corrected chi connectivity index (χ1v) is 10.8. The van der Waals surface area contributed by atoms with E-state index in [-0.39, 0.29) is 5.69 Å². The molecule has 0 saturated heterocycles. The van der Waals surface area contributed by atoms with Gasteiger partial charge in [0, 0.05) is 36.4 Å². The Balaban J connectivity index is 2.15. The molecular formula is C22H26N2O5S. The van der Waals surface area contributed by atoms with Crippen LogP contribution in [-0.4, -0.2) is 24.3 Å². The van der Waals surface area contributed by atoms with Crippen LogP contribution in [0.5, 0.6) is 0 Å². The number of nitro groups is 1. The van der Waals surface area contributed by atoms with Crippen molar-refractivity contribution in [2.75, 3.05) is 12.4 Å². The predicted octanol–water partition coefficient (Wildman–Crippen LogP) is 5.37. The van der Waals surface area contributed by atoms with E-state index in [9.17, 15) is 14.9 Å². The van der Waals surface area contributed by atoms with E-state index >= 15 is 0 Å². The summed E-state index contributed by atoms with van der Waals surface area (Å²) in [7, 11) is 1.47. The van der Waals surface area contributed by atoms with Crippen LogP contribution in [0.1, 0.15) is 56.2 Å². The number of thiophene rings is 1. The van der Waals surface area contributed by atoms with E-state index in [0.29, 0.717) is 16.8 Å². The van der Waals surface area contributed by atoms with Crippen LogP contribution in [0.15, 0.2) is 40.9 Å². The summed E-state index contributed by atoms with van der Waals surface area (Å²) in [5.74, 6) is -0.944. The molecule has 0 spiro atoms. The van der Waals surface area contributed by atoms with Gasteiger partial charge >= 0.3 is 5.97 Å². The maximum atomic E-state index is 13.1. The zero-order chi connectivity index (χ0) is 21.8. The topological polar surface area (TPSA) is 90.7 Å². The van der Waals surface area contributed by atoms with Gasteiger partial charge in [0.15, 0.2) is 6.29 Å². The summed E-state index contributed by atoms with van der Waals surface area (Å²) in [6.07, 6.45) is 2.25. The Morgan fingerprint density at radius 3 is 2.83 bits per heavy atom. The van der Waals surface area contributed by atoms with Gasteiger partial charge in [-0.15, -0.1) is 11.3 Å². The summed E-state index contributed by atoms with van der Waals surface area (Å²) in [4.78, 5) is 24.1. The molecule has 2 heterocycles. The summed E-state index contributed by atoms with van der Waals surface area (Å²) >= 11 is 1.59. The highest BCUT2D eigenvalue weighted by atomic mass is 32.1. The monoisotopic (exact) mass is 430 g/mol. The van der Waals surface area contributed by atoms with Crippen molar-refractivity contribution < 1.29 is 19.2 Å². The fourth-order valence-corrected chi connectivity index (χ4v) is 4.75. The number of carbonyl (C=O) groups excluding carboxylic acids is 1. The normalized spacial score (nSPS) is 16.6. The van der Waals surface area contributed by atoms with Crippen LogP contribution in [0, 0.1) is 10.1 Å². The smallest absolute Gasteiger partial charge is 0.339 e. The van der Waals surface area contributed by atoms with Crippen LogP contribution in [0.3, 0.4) is 0 Å². The quantitative estimate of drug-likeness (QED) is 0.262. The molecule has 2 atom stereocenters. The predicted molar refractivity (Wildman–Crippen MR) is 117 cm³/mol. The molecule has 0 amide bonds. The highest BCUT2D eigenvalue weighted by Crippen LogP contribution is 2.47. The van der Waals surface area contributed by atoms with Gasteiger partial charge in [-0.3, -0.25) is 10.1 Å². The van der Waals surface area contributed by atoms with Crippen molar-refractivity contribution in [3.05, 3.63) is 67.7 Å². The van der Waals surface area contributed by atoms with Crippen LogP contribution in [0.4, 0.5) is 10.7 Å². The highest BCUT2D eigenvalue weighted by molar-refractivity contribution is 7.14. The molecule has 0 saturated carbocycles. The lowest BCUT2D eigenvalue weighted by Gasteiger charge is -2.29. The molecule has 8 heteroatoms. The number of aryl methyl sites for hydroxylation is 1. The first kappa shape index (κ1) is 22.0. The molecule has 7 nitrogen and oxygen atoms in total. The number of methoxy groups -OCH3 is 1. The second kappa shape index (κ2) is 9.40. The first-order valence-electron chi connectivity index (χ1n) is 9.93. The van der Waals surface area contributed by atoms with Crippen molar-refractivity contribution in [1.29, 1.82) is 0 Å². The van der Waals surface area contributed by atoms with Crippen LogP contribution in [0.25, 0.3) is 0 Å². The number of rotatable bonds is 8. The summed E-state index contributed by atoms with van der Waals surface area (Å²) in [5.41, 5.74) is 3.96. The van der Waals surface area contributed by atoms with E-state index < -0.39 is 23.1 Å². The number of esters is 1. The maximum Gasteiger partial charge on any atom is 0.339 e. The minimum absolute atomic E-state index is 0.00597. The number of carbonyl (C=O) groups is 1. The van der Waals surface area contributed by atoms with Gasteiger partial charge in [-0.1, -0.05) is 25.5 Å². The molecule has 2 unspecified atom stereocenters. The molecular weight excluding hydrogens is 404 g/mol. The van der Waals surface area contributed by atoms with Crippen molar-refractivity contribution >= 4 is 28.0 Å². The highest BCUT2D eigenvalue weighted by Gasteiger charge is 2.36. The number of benzene rings is 1. The lowest BCUT2D eigenvalue weighted by atomic mass is 9.80. The third-order valence-electron chi connectivity index (χ3n) is 5.23. The number of anilines is 1.